The number of rotatable bonds is 13. The van der Waals surface area contributed by atoms with E-state index in [4.69, 9.17) is 22.8 Å². The molecular formula is C92H95N13O9. The van der Waals surface area contributed by atoms with Crippen LogP contribution < -0.4 is 22.5 Å². The number of aliphatic hydroxyl groups excluding tert-OH is 1. The summed E-state index contributed by atoms with van der Waals surface area (Å²) in [6.07, 6.45) is 17.2. The van der Waals surface area contributed by atoms with E-state index in [9.17, 15) is 19.2 Å². The van der Waals surface area contributed by atoms with Crippen LogP contribution in [0.1, 0.15) is 96.8 Å². The van der Waals surface area contributed by atoms with Crippen molar-refractivity contribution in [1.82, 2.24) is 63.3 Å². The Bertz CT molecular complexity index is 6510. The molecule has 22 nitrogen and oxygen atoms in total. The Labute approximate surface area is 658 Å². The highest BCUT2D eigenvalue weighted by atomic mass is 16.4. The summed E-state index contributed by atoms with van der Waals surface area (Å²) in [5, 5.41) is 29.0. The minimum atomic E-state index is -0.377. The first-order valence-corrected chi connectivity index (χ1v) is 39.5. The number of aromatic nitrogens is 9. The summed E-state index contributed by atoms with van der Waals surface area (Å²) in [7, 11) is 11.9. The molecule has 3 aliphatic rings. The molecule has 0 radical (unpaired) electrons. The lowest BCUT2D eigenvalue weighted by Crippen LogP contribution is -2.34. The fourth-order valence-electron chi connectivity index (χ4n) is 16.5. The third-order valence-corrected chi connectivity index (χ3v) is 22.9. The topological polar surface area (TPSA) is 238 Å². The van der Waals surface area contributed by atoms with E-state index >= 15 is 0 Å². The zero-order valence-electron chi connectivity index (χ0n) is 66.1. The standard InChI is InChI=1S/C24H25N3O3.C24H25N3O2.C23H23N3O2.C21H22N4O2/c1-26-15-20-12-18(4-5-22(20)25-26)21-13-19-3-2-17(14-23(19)30-24(21)29)16-6-8-27(9-7-16)10-11-28;1-3-27-10-8-16(9-11-27)17-4-5-19-13-21(24(28)29-23(19)14-17)18-6-7-22-20(12-18)15-26(2)25-22;1-25-9-7-15(8-10-25)16-3-4-18-12-20(23(27)28-22(18)13-16)17-5-6-21-19(11-17)14-26(2)24-21;1-13-11-25-12-18(23-20(25)14(2)22-13)17-10-16-6-5-15(7-8-24(3)4)9-19(16)27-21(17)26/h2-5,12-16,28H,6-11H2,1H3;4-7,12-16H,3,8-11H2,1-2H3;3-6,11-15H,7-10H2,1-2H3;5-6,9-12H,7-8H2,1-4H3. The highest BCUT2D eigenvalue weighted by Gasteiger charge is 2.25. The van der Waals surface area contributed by atoms with E-state index in [0.29, 0.717) is 68.0 Å². The summed E-state index contributed by atoms with van der Waals surface area (Å²) in [4.78, 5) is 69.1. The summed E-state index contributed by atoms with van der Waals surface area (Å²) in [6, 6.07) is 50.2. The van der Waals surface area contributed by atoms with Crippen molar-refractivity contribution in [2.24, 2.45) is 21.1 Å². The van der Waals surface area contributed by atoms with E-state index in [1.165, 1.54) is 16.7 Å². The number of aryl methyl sites for hydroxylation is 5. The van der Waals surface area contributed by atoms with E-state index in [0.717, 1.165) is 197 Å². The number of aliphatic hydroxyl groups is 1. The quantitative estimate of drug-likeness (QED) is 0.106. The molecule has 3 aliphatic heterocycles. The van der Waals surface area contributed by atoms with Crippen LogP contribution in [0.2, 0.25) is 0 Å². The molecule has 9 aromatic heterocycles. The van der Waals surface area contributed by atoms with Crippen LogP contribution in [0.3, 0.4) is 0 Å². The molecule has 19 rings (SSSR count). The average molecular weight is 1530 g/mol. The Hall–Kier alpha value is -11.8. The number of benzene rings is 7. The van der Waals surface area contributed by atoms with E-state index < -0.39 is 0 Å². The van der Waals surface area contributed by atoms with Crippen molar-refractivity contribution in [3.8, 4) is 44.6 Å². The molecule has 0 atom stereocenters. The molecule has 0 bridgehead atoms. The normalized spacial score (nSPS) is 15.0. The van der Waals surface area contributed by atoms with E-state index in [-0.39, 0.29) is 29.1 Å². The van der Waals surface area contributed by atoms with Gasteiger partial charge < -0.3 is 46.8 Å². The molecule has 12 heterocycles. The fraction of sp³-hybridized carbons (Fsp3) is 0.315. The number of hydrogen-bond acceptors (Lipinski definition) is 18. The highest BCUT2D eigenvalue weighted by molar-refractivity contribution is 5.91. The third-order valence-electron chi connectivity index (χ3n) is 22.9. The second-order valence-electron chi connectivity index (χ2n) is 31.3. The van der Waals surface area contributed by atoms with Gasteiger partial charge in [0, 0.05) is 103 Å². The van der Waals surface area contributed by atoms with Crippen molar-refractivity contribution in [1.29, 1.82) is 0 Å². The van der Waals surface area contributed by atoms with Crippen LogP contribution >= 0.6 is 0 Å². The maximum atomic E-state index is 12.8. The van der Waals surface area contributed by atoms with Gasteiger partial charge in [-0.25, -0.2) is 24.2 Å². The maximum Gasteiger partial charge on any atom is 0.345 e. The maximum absolute atomic E-state index is 12.8. The van der Waals surface area contributed by atoms with Gasteiger partial charge in [0.05, 0.1) is 62.5 Å². The summed E-state index contributed by atoms with van der Waals surface area (Å²) < 4.78 is 30.1. The highest BCUT2D eigenvalue weighted by Crippen LogP contribution is 2.36. The van der Waals surface area contributed by atoms with Crippen molar-refractivity contribution >= 4 is 82.2 Å². The van der Waals surface area contributed by atoms with Gasteiger partial charge in [0.15, 0.2) is 5.65 Å². The average Bonchev–Trinajstić information content (AvgIpc) is 1.41. The van der Waals surface area contributed by atoms with Crippen LogP contribution in [0, 0.1) is 13.8 Å². The second kappa shape index (κ2) is 32.7. The van der Waals surface area contributed by atoms with Crippen molar-refractivity contribution in [3.05, 3.63) is 258 Å². The number of nitrogens with zero attached hydrogens (tertiary/aromatic N) is 13. The third kappa shape index (κ3) is 16.7. The van der Waals surface area contributed by atoms with Crippen molar-refractivity contribution in [3.63, 3.8) is 0 Å². The predicted octanol–water partition coefficient (Wildman–Crippen LogP) is 15.4. The predicted molar refractivity (Wildman–Crippen MR) is 452 cm³/mol. The van der Waals surface area contributed by atoms with Crippen molar-refractivity contribution < 1.29 is 22.8 Å². The Balaban J connectivity index is 0.000000115. The minimum Gasteiger partial charge on any atom is -0.422 e. The number of piperidine rings is 3. The smallest absolute Gasteiger partial charge is 0.345 e. The molecule has 0 aliphatic carbocycles. The lowest BCUT2D eigenvalue weighted by atomic mass is 9.89. The van der Waals surface area contributed by atoms with Gasteiger partial charge in [-0.15, -0.1) is 0 Å². The lowest BCUT2D eigenvalue weighted by molar-refractivity contribution is 0.164. The molecule has 0 unspecified atom stereocenters. The fourth-order valence-corrected chi connectivity index (χ4v) is 16.5. The van der Waals surface area contributed by atoms with Crippen LogP contribution in [0.5, 0.6) is 0 Å². The molecule has 22 heteroatoms. The first-order valence-electron chi connectivity index (χ1n) is 39.5. The minimum absolute atomic E-state index is 0.210. The largest absolute Gasteiger partial charge is 0.422 e. The van der Waals surface area contributed by atoms with Gasteiger partial charge in [0.1, 0.15) is 22.3 Å². The summed E-state index contributed by atoms with van der Waals surface area (Å²) in [6.45, 7) is 15.6. The molecule has 0 saturated carbocycles. The van der Waals surface area contributed by atoms with Crippen molar-refractivity contribution in [2.75, 3.05) is 86.7 Å². The van der Waals surface area contributed by atoms with Crippen LogP contribution in [0.4, 0.5) is 0 Å². The molecule has 0 amide bonds. The summed E-state index contributed by atoms with van der Waals surface area (Å²) in [5.74, 6) is 1.54. The van der Waals surface area contributed by atoms with Crippen LogP contribution in [0.15, 0.2) is 219 Å². The number of β-amino-alcohol motifs (C(OH)–C–C–N with tert-alkyl or cyclic N) is 1. The second-order valence-corrected chi connectivity index (χ2v) is 31.3. The van der Waals surface area contributed by atoms with E-state index in [1.54, 1.807) is 14.0 Å². The van der Waals surface area contributed by atoms with Crippen LogP contribution in [-0.4, -0.2) is 155 Å². The first-order chi connectivity index (χ1) is 55.2. The zero-order chi connectivity index (χ0) is 79.0. The number of likely N-dealkylation sites (tertiary alicyclic amines) is 3. The van der Waals surface area contributed by atoms with Gasteiger partial charge in [-0.2, -0.15) is 15.3 Å². The number of fused-ring (bicyclic) bond motifs is 8. The Morgan fingerprint density at radius 2 is 0.825 bits per heavy atom. The van der Waals surface area contributed by atoms with Gasteiger partial charge in [0.2, 0.25) is 0 Å². The lowest BCUT2D eigenvalue weighted by Gasteiger charge is -2.31. The van der Waals surface area contributed by atoms with Gasteiger partial charge in [-0.3, -0.25) is 19.0 Å². The Morgan fingerprint density at radius 1 is 0.430 bits per heavy atom. The Kier molecular flexibility index (Phi) is 21.9. The van der Waals surface area contributed by atoms with E-state index in [1.807, 2.05) is 182 Å². The van der Waals surface area contributed by atoms with Gasteiger partial charge in [0.25, 0.3) is 0 Å². The molecular weight excluding hydrogens is 1430 g/mol. The summed E-state index contributed by atoms with van der Waals surface area (Å²) in [5.41, 5.74) is 16.8. The Morgan fingerprint density at radius 3 is 1.25 bits per heavy atom. The first kappa shape index (κ1) is 76.2. The molecule has 16 aromatic rings. The number of imidazole rings is 1. The van der Waals surface area contributed by atoms with E-state index in [2.05, 4.69) is 113 Å². The molecule has 3 fully saturated rings. The molecule has 7 aromatic carbocycles. The monoisotopic (exact) mass is 1530 g/mol. The molecule has 0 spiro atoms. The number of likely N-dealkylation sites (N-methyl/N-ethyl adjacent to an activating group) is 1. The summed E-state index contributed by atoms with van der Waals surface area (Å²) >= 11 is 0. The molecule has 1 N–H and O–H groups in total. The molecule has 114 heavy (non-hydrogen) atoms. The van der Waals surface area contributed by atoms with Crippen LogP contribution in [0.25, 0.3) is 127 Å². The molecule has 3 saturated heterocycles. The zero-order valence-corrected chi connectivity index (χ0v) is 66.1. The van der Waals surface area contributed by atoms with Gasteiger partial charge in [-0.1, -0.05) is 73.7 Å². The number of hydrogen-bond donors (Lipinski definition) is 1. The molecule has 582 valence electrons. The SMILES string of the molecule is CCN1CCC(c2ccc3cc(-c4ccc5nn(C)cc5c4)c(=O)oc3c2)CC1.CN1CCC(c2ccc3cc(-c4ccc5nn(C)cc5c4)c(=O)oc3c2)CC1.Cc1cn2cc(-c3cc4ccc(CCN(C)C)cc4oc3=O)nc2c(C)n1.Cn1cc2cc(-c3cc4ccc(C5CCN(CCO)CC5)cc4oc3=O)ccc2n1. The van der Waals surface area contributed by atoms with Gasteiger partial charge in [-0.05, 0) is 267 Å². The van der Waals surface area contributed by atoms with Crippen molar-refractivity contribution in [2.45, 2.75) is 83.5 Å². The van der Waals surface area contributed by atoms with Gasteiger partial charge >= 0.3 is 22.5 Å². The van der Waals surface area contributed by atoms with Crippen LogP contribution in [-0.2, 0) is 27.6 Å².